The van der Waals surface area contributed by atoms with Crippen molar-refractivity contribution < 1.29 is 19.1 Å². The predicted octanol–water partition coefficient (Wildman–Crippen LogP) is -0.826. The monoisotopic (exact) mass is 189 g/mol. The van der Waals surface area contributed by atoms with E-state index in [9.17, 15) is 14.4 Å². The number of thiol groups is 1. The van der Waals surface area contributed by atoms with Crippen molar-refractivity contribution in [3.8, 4) is 0 Å². The molecule has 0 spiro atoms. The third-order valence-corrected chi connectivity index (χ3v) is 1.90. The number of imide groups is 1. The lowest BCUT2D eigenvalue weighted by Gasteiger charge is -2.11. The Kier molecular flexibility index (Phi) is 2.69. The fourth-order valence-corrected chi connectivity index (χ4v) is 1.20. The Hall–Kier alpha value is -1.04. The summed E-state index contributed by atoms with van der Waals surface area (Å²) in [5, 5.41) is -0.590. The molecule has 5 nitrogen and oxygen atoms in total. The van der Waals surface area contributed by atoms with Crippen LogP contribution in [0.2, 0.25) is 0 Å². The molecule has 0 radical (unpaired) electrons. The Balaban J connectivity index is 2.57. The van der Waals surface area contributed by atoms with E-state index >= 15 is 0 Å². The van der Waals surface area contributed by atoms with Gasteiger partial charge in [0.15, 0.2) is 6.73 Å². The summed E-state index contributed by atoms with van der Waals surface area (Å²) in [4.78, 5) is 32.6. The molecule has 1 fully saturated rings. The second-order valence-corrected chi connectivity index (χ2v) is 2.90. The molecule has 0 aromatic rings. The van der Waals surface area contributed by atoms with E-state index in [4.69, 9.17) is 0 Å². The minimum atomic E-state index is -0.590. The zero-order valence-corrected chi connectivity index (χ0v) is 6.99. The molecule has 1 rings (SSSR count). The van der Waals surface area contributed by atoms with Crippen molar-refractivity contribution in [2.75, 3.05) is 6.73 Å². The van der Waals surface area contributed by atoms with Gasteiger partial charge < -0.3 is 4.74 Å². The average Bonchev–Trinajstić information content (AvgIpc) is 2.25. The summed E-state index contributed by atoms with van der Waals surface area (Å²) in [5.41, 5.74) is 0. The van der Waals surface area contributed by atoms with Crippen molar-refractivity contribution in [2.45, 2.75) is 11.7 Å². The molecule has 6 heteroatoms. The molecule has 1 heterocycles. The minimum Gasteiger partial charge on any atom is -0.446 e. The fraction of sp³-hybridized carbons (Fsp3) is 0.500. The molecule has 1 saturated heterocycles. The van der Waals surface area contributed by atoms with Crippen LogP contribution in [0.1, 0.15) is 6.42 Å². The smallest absolute Gasteiger partial charge is 0.294 e. The minimum absolute atomic E-state index is 0.0736. The second kappa shape index (κ2) is 3.57. The molecule has 12 heavy (non-hydrogen) atoms. The number of hydrogen-bond donors (Lipinski definition) is 1. The molecule has 1 atom stereocenters. The number of amides is 2. The van der Waals surface area contributed by atoms with E-state index in [0.29, 0.717) is 0 Å². The van der Waals surface area contributed by atoms with E-state index in [1.165, 1.54) is 0 Å². The van der Waals surface area contributed by atoms with Gasteiger partial charge in [0.1, 0.15) is 0 Å². The SMILES string of the molecule is O=COCN1C(=O)C[C@@H](S)C1=O. The van der Waals surface area contributed by atoms with Crippen LogP contribution >= 0.6 is 12.6 Å². The first-order chi connectivity index (χ1) is 5.66. The molecule has 0 saturated carbocycles. The molecular formula is C6H7NO4S. The van der Waals surface area contributed by atoms with Crippen molar-refractivity contribution in [3.05, 3.63) is 0 Å². The molecule has 0 unspecified atom stereocenters. The van der Waals surface area contributed by atoms with Crippen LogP contribution in [0.5, 0.6) is 0 Å². The van der Waals surface area contributed by atoms with E-state index in [0.717, 1.165) is 4.90 Å². The summed E-state index contributed by atoms with van der Waals surface area (Å²) in [7, 11) is 0. The highest BCUT2D eigenvalue weighted by atomic mass is 32.1. The Bertz CT molecular complexity index is 230. The zero-order chi connectivity index (χ0) is 9.14. The molecule has 1 aliphatic heterocycles. The van der Waals surface area contributed by atoms with Crippen LogP contribution in [-0.4, -0.2) is 35.2 Å². The van der Waals surface area contributed by atoms with Crippen molar-refractivity contribution in [1.82, 2.24) is 4.90 Å². The van der Waals surface area contributed by atoms with Gasteiger partial charge in [-0.25, -0.2) is 4.90 Å². The number of ether oxygens (including phenoxy) is 1. The molecule has 2 amide bonds. The molecule has 0 aromatic carbocycles. The van der Waals surface area contributed by atoms with Gasteiger partial charge >= 0.3 is 0 Å². The molecule has 1 aliphatic rings. The van der Waals surface area contributed by atoms with Crippen molar-refractivity contribution in [2.24, 2.45) is 0 Å². The van der Waals surface area contributed by atoms with Gasteiger partial charge in [0.05, 0.1) is 5.25 Å². The summed E-state index contributed by atoms with van der Waals surface area (Å²) >= 11 is 3.87. The summed E-state index contributed by atoms with van der Waals surface area (Å²) in [5.74, 6) is -0.771. The lowest BCUT2D eigenvalue weighted by atomic mass is 10.4. The first-order valence-electron chi connectivity index (χ1n) is 3.24. The Labute approximate surface area is 74.1 Å². The van der Waals surface area contributed by atoms with E-state index in [-0.39, 0.29) is 25.5 Å². The number of rotatable bonds is 3. The summed E-state index contributed by atoms with van der Waals surface area (Å²) in [6.45, 7) is -0.120. The summed E-state index contributed by atoms with van der Waals surface area (Å²) in [6, 6.07) is 0. The second-order valence-electron chi connectivity index (χ2n) is 2.27. The van der Waals surface area contributed by atoms with E-state index in [2.05, 4.69) is 17.4 Å². The predicted molar refractivity (Wildman–Crippen MR) is 41.3 cm³/mol. The standard InChI is InChI=1S/C6H7NO4S/c8-3-11-2-7-5(9)1-4(12)6(7)10/h3-4,12H,1-2H2/t4-/m1/s1. The number of carbonyl (C=O) groups is 3. The van der Waals surface area contributed by atoms with Gasteiger partial charge in [-0.1, -0.05) is 0 Å². The summed E-state index contributed by atoms with van der Waals surface area (Å²) in [6.07, 6.45) is 0.0736. The first kappa shape index (κ1) is 9.05. The van der Waals surface area contributed by atoms with E-state index in [1.54, 1.807) is 0 Å². The van der Waals surface area contributed by atoms with Crippen LogP contribution in [0.3, 0.4) is 0 Å². The molecule has 0 N–H and O–H groups in total. The van der Waals surface area contributed by atoms with Crippen LogP contribution in [-0.2, 0) is 19.1 Å². The molecule has 66 valence electrons. The number of likely N-dealkylation sites (tertiary alicyclic amines) is 1. The van der Waals surface area contributed by atoms with Gasteiger partial charge in [0, 0.05) is 6.42 Å². The lowest BCUT2D eigenvalue weighted by Crippen LogP contribution is -2.32. The number of nitrogens with zero attached hydrogens (tertiary/aromatic N) is 1. The van der Waals surface area contributed by atoms with Crippen molar-refractivity contribution >= 4 is 30.9 Å². The highest BCUT2D eigenvalue weighted by molar-refractivity contribution is 7.81. The van der Waals surface area contributed by atoms with E-state index < -0.39 is 11.2 Å². The first-order valence-corrected chi connectivity index (χ1v) is 3.76. The van der Waals surface area contributed by atoms with Crippen LogP contribution in [0.15, 0.2) is 0 Å². The Morgan fingerprint density at radius 3 is 2.75 bits per heavy atom. The van der Waals surface area contributed by atoms with Gasteiger partial charge in [-0.15, -0.1) is 0 Å². The van der Waals surface area contributed by atoms with Crippen LogP contribution in [0.4, 0.5) is 0 Å². The van der Waals surface area contributed by atoms with Gasteiger partial charge in [-0.05, 0) is 0 Å². The molecule has 0 aliphatic carbocycles. The molecule has 0 bridgehead atoms. The third-order valence-electron chi connectivity index (χ3n) is 1.49. The van der Waals surface area contributed by atoms with Crippen molar-refractivity contribution in [3.63, 3.8) is 0 Å². The molecule has 0 aromatic heterocycles. The molecular weight excluding hydrogens is 182 g/mol. The fourth-order valence-electron chi connectivity index (χ4n) is 0.906. The Morgan fingerprint density at radius 2 is 2.33 bits per heavy atom. The van der Waals surface area contributed by atoms with Gasteiger partial charge in [-0.3, -0.25) is 14.4 Å². The maximum atomic E-state index is 11.1. The number of carbonyl (C=O) groups excluding carboxylic acids is 3. The van der Waals surface area contributed by atoms with Crippen molar-refractivity contribution in [1.29, 1.82) is 0 Å². The highest BCUT2D eigenvalue weighted by Crippen LogP contribution is 2.16. The average molecular weight is 189 g/mol. The third kappa shape index (κ3) is 1.58. The highest BCUT2D eigenvalue weighted by Gasteiger charge is 2.36. The van der Waals surface area contributed by atoms with Gasteiger partial charge in [0.2, 0.25) is 11.8 Å². The van der Waals surface area contributed by atoms with Gasteiger partial charge in [0.25, 0.3) is 6.47 Å². The van der Waals surface area contributed by atoms with Crippen LogP contribution < -0.4 is 0 Å². The maximum absolute atomic E-state index is 11.1. The maximum Gasteiger partial charge on any atom is 0.294 e. The van der Waals surface area contributed by atoms with Crippen LogP contribution in [0.25, 0.3) is 0 Å². The lowest BCUT2D eigenvalue weighted by molar-refractivity contribution is -0.148. The van der Waals surface area contributed by atoms with E-state index in [1.807, 2.05) is 0 Å². The summed E-state index contributed by atoms with van der Waals surface area (Å²) < 4.78 is 4.28. The largest absolute Gasteiger partial charge is 0.446 e. The quantitative estimate of drug-likeness (QED) is 0.358. The Morgan fingerprint density at radius 1 is 1.67 bits per heavy atom. The van der Waals surface area contributed by atoms with Gasteiger partial charge in [-0.2, -0.15) is 12.6 Å². The normalized spacial score (nSPS) is 23.1. The zero-order valence-electron chi connectivity index (χ0n) is 6.10. The van der Waals surface area contributed by atoms with Crippen LogP contribution in [0, 0.1) is 0 Å². The topological polar surface area (TPSA) is 63.7 Å². The number of hydrogen-bond acceptors (Lipinski definition) is 5.